The van der Waals surface area contributed by atoms with Crippen molar-refractivity contribution in [2.24, 2.45) is 4.99 Å². The third kappa shape index (κ3) is 4.49. The van der Waals surface area contributed by atoms with Crippen molar-refractivity contribution in [2.45, 2.75) is 71.0 Å². The summed E-state index contributed by atoms with van der Waals surface area (Å²) in [7, 11) is 0. The minimum atomic E-state index is 0.513. The SMILES string of the molecule is CCNC(=NCc1cn2c(C)cccc2n1)NC1CCN(C2CCCC2)CC1. The first kappa shape index (κ1) is 19.2. The molecule has 1 aliphatic heterocycles. The van der Waals surface area contributed by atoms with Gasteiger partial charge in [0.15, 0.2) is 5.96 Å². The van der Waals surface area contributed by atoms with Crippen molar-refractivity contribution in [3.63, 3.8) is 0 Å². The predicted octanol–water partition coefficient (Wildman–Crippen LogP) is 3.10. The van der Waals surface area contributed by atoms with E-state index in [2.05, 4.69) is 46.0 Å². The largest absolute Gasteiger partial charge is 0.357 e. The molecule has 2 N–H and O–H groups in total. The number of fused-ring (bicyclic) bond motifs is 1. The standard InChI is InChI=1S/C22H34N6/c1-3-23-22(24-15-19-16-28-17(2)7-6-10-21(28)25-19)26-18-11-13-27(14-12-18)20-8-4-5-9-20/h6-7,10,16,18,20H,3-5,8-9,11-15H2,1-2H3,(H2,23,24,26). The summed E-state index contributed by atoms with van der Waals surface area (Å²) < 4.78 is 2.13. The number of nitrogens with one attached hydrogen (secondary N) is 2. The number of hydrogen-bond acceptors (Lipinski definition) is 3. The Bertz CT molecular complexity index is 796. The summed E-state index contributed by atoms with van der Waals surface area (Å²) in [6.45, 7) is 8.12. The molecule has 0 spiro atoms. The number of hydrogen-bond donors (Lipinski definition) is 2. The van der Waals surface area contributed by atoms with Crippen molar-refractivity contribution in [3.8, 4) is 0 Å². The molecule has 2 aromatic rings. The fraction of sp³-hybridized carbons (Fsp3) is 0.636. The highest BCUT2D eigenvalue weighted by Gasteiger charge is 2.27. The van der Waals surface area contributed by atoms with Crippen molar-refractivity contribution in [1.29, 1.82) is 0 Å². The normalized spacial score (nSPS) is 20.1. The zero-order valence-electron chi connectivity index (χ0n) is 17.3. The van der Waals surface area contributed by atoms with Crippen molar-refractivity contribution in [3.05, 3.63) is 35.8 Å². The van der Waals surface area contributed by atoms with Crippen LogP contribution in [0.15, 0.2) is 29.4 Å². The van der Waals surface area contributed by atoms with Crippen LogP contribution in [-0.2, 0) is 6.54 Å². The van der Waals surface area contributed by atoms with Gasteiger partial charge in [0.05, 0.1) is 12.2 Å². The van der Waals surface area contributed by atoms with Gasteiger partial charge in [-0.15, -0.1) is 0 Å². The Morgan fingerprint density at radius 1 is 1.18 bits per heavy atom. The number of guanidine groups is 1. The number of rotatable bonds is 5. The fourth-order valence-electron chi connectivity index (χ4n) is 4.63. The highest BCUT2D eigenvalue weighted by atomic mass is 15.2. The summed E-state index contributed by atoms with van der Waals surface area (Å²) in [6, 6.07) is 7.56. The quantitative estimate of drug-likeness (QED) is 0.616. The van der Waals surface area contributed by atoms with E-state index in [-0.39, 0.29) is 0 Å². The molecule has 1 aliphatic carbocycles. The van der Waals surface area contributed by atoms with Crippen LogP contribution in [0, 0.1) is 6.92 Å². The first-order chi connectivity index (χ1) is 13.7. The monoisotopic (exact) mass is 382 g/mol. The molecule has 0 aromatic carbocycles. The Hall–Kier alpha value is -2.08. The average Bonchev–Trinajstić information content (AvgIpc) is 3.37. The van der Waals surface area contributed by atoms with Gasteiger partial charge in [0.1, 0.15) is 5.65 Å². The van der Waals surface area contributed by atoms with E-state index in [9.17, 15) is 0 Å². The molecule has 1 saturated heterocycles. The van der Waals surface area contributed by atoms with Crippen LogP contribution in [0.2, 0.25) is 0 Å². The fourth-order valence-corrected chi connectivity index (χ4v) is 4.63. The molecule has 2 aromatic heterocycles. The van der Waals surface area contributed by atoms with E-state index in [4.69, 9.17) is 9.98 Å². The molecule has 0 atom stereocenters. The Kier molecular flexibility index (Phi) is 6.15. The van der Waals surface area contributed by atoms with Gasteiger partial charge in [-0.05, 0) is 51.7 Å². The maximum absolute atomic E-state index is 4.80. The number of likely N-dealkylation sites (tertiary alicyclic amines) is 1. The Balaban J connectivity index is 1.34. The zero-order valence-corrected chi connectivity index (χ0v) is 17.3. The lowest BCUT2D eigenvalue weighted by Gasteiger charge is -2.36. The van der Waals surface area contributed by atoms with Crippen LogP contribution in [-0.4, -0.2) is 52.0 Å². The number of imidazole rings is 1. The summed E-state index contributed by atoms with van der Waals surface area (Å²) in [5, 5.41) is 7.06. The molecule has 0 radical (unpaired) electrons. The van der Waals surface area contributed by atoms with Gasteiger partial charge >= 0.3 is 0 Å². The van der Waals surface area contributed by atoms with Gasteiger partial charge in [-0.1, -0.05) is 18.9 Å². The minimum Gasteiger partial charge on any atom is -0.357 e. The first-order valence-electron chi connectivity index (χ1n) is 11.0. The molecule has 6 nitrogen and oxygen atoms in total. The second-order valence-corrected chi connectivity index (χ2v) is 8.22. The van der Waals surface area contributed by atoms with Gasteiger partial charge in [-0.25, -0.2) is 9.98 Å². The smallest absolute Gasteiger partial charge is 0.191 e. The van der Waals surface area contributed by atoms with Gasteiger partial charge in [0, 0.05) is 43.6 Å². The lowest BCUT2D eigenvalue weighted by atomic mass is 10.0. The Morgan fingerprint density at radius 3 is 2.68 bits per heavy atom. The number of nitrogens with zero attached hydrogens (tertiary/aromatic N) is 4. The molecule has 6 heteroatoms. The van der Waals surface area contributed by atoms with E-state index in [1.807, 2.05) is 12.1 Å². The maximum Gasteiger partial charge on any atom is 0.191 e. The summed E-state index contributed by atoms with van der Waals surface area (Å²) in [5.74, 6) is 0.913. The molecule has 3 heterocycles. The van der Waals surface area contributed by atoms with Gasteiger partial charge in [0.2, 0.25) is 0 Å². The van der Waals surface area contributed by atoms with Gasteiger partial charge in [-0.3, -0.25) is 0 Å². The van der Waals surface area contributed by atoms with Gasteiger partial charge in [-0.2, -0.15) is 0 Å². The summed E-state index contributed by atoms with van der Waals surface area (Å²) in [4.78, 5) is 12.2. The van der Waals surface area contributed by atoms with Crippen LogP contribution < -0.4 is 10.6 Å². The molecule has 0 amide bonds. The Morgan fingerprint density at radius 2 is 1.96 bits per heavy atom. The van der Waals surface area contributed by atoms with Gasteiger partial charge in [0.25, 0.3) is 0 Å². The van der Waals surface area contributed by atoms with E-state index >= 15 is 0 Å². The van der Waals surface area contributed by atoms with Crippen LogP contribution in [0.25, 0.3) is 5.65 Å². The topological polar surface area (TPSA) is 57.0 Å². The van der Waals surface area contributed by atoms with E-state index < -0.39 is 0 Å². The van der Waals surface area contributed by atoms with Crippen LogP contribution in [0.3, 0.4) is 0 Å². The molecule has 2 fully saturated rings. The zero-order chi connectivity index (χ0) is 19.3. The number of pyridine rings is 1. The van der Waals surface area contributed by atoms with Crippen molar-refractivity contribution in [1.82, 2.24) is 24.9 Å². The molecular formula is C22H34N6. The second kappa shape index (κ2) is 8.95. The van der Waals surface area contributed by atoms with Crippen molar-refractivity contribution in [2.75, 3.05) is 19.6 Å². The highest BCUT2D eigenvalue weighted by molar-refractivity contribution is 5.80. The van der Waals surface area contributed by atoms with Crippen LogP contribution in [0.4, 0.5) is 0 Å². The third-order valence-electron chi connectivity index (χ3n) is 6.20. The Labute approximate surface area is 168 Å². The van der Waals surface area contributed by atoms with Crippen molar-refractivity contribution >= 4 is 11.6 Å². The molecule has 4 rings (SSSR count). The highest BCUT2D eigenvalue weighted by Crippen LogP contribution is 2.26. The van der Waals surface area contributed by atoms with E-state index in [1.165, 1.54) is 57.3 Å². The average molecular weight is 383 g/mol. The number of aromatic nitrogens is 2. The second-order valence-electron chi connectivity index (χ2n) is 8.22. The number of aryl methyl sites for hydroxylation is 1. The summed E-state index contributed by atoms with van der Waals surface area (Å²) >= 11 is 0. The van der Waals surface area contributed by atoms with Crippen LogP contribution >= 0.6 is 0 Å². The molecule has 28 heavy (non-hydrogen) atoms. The van der Waals surface area contributed by atoms with E-state index in [0.717, 1.165) is 29.9 Å². The van der Waals surface area contributed by atoms with Gasteiger partial charge < -0.3 is 19.9 Å². The summed E-state index contributed by atoms with van der Waals surface area (Å²) in [6.07, 6.45) is 10.1. The minimum absolute atomic E-state index is 0.513. The van der Waals surface area contributed by atoms with Crippen LogP contribution in [0.1, 0.15) is 56.8 Å². The number of piperidine rings is 1. The lowest BCUT2D eigenvalue weighted by molar-refractivity contribution is 0.150. The lowest BCUT2D eigenvalue weighted by Crippen LogP contribution is -2.50. The first-order valence-corrected chi connectivity index (χ1v) is 11.0. The van der Waals surface area contributed by atoms with E-state index in [0.29, 0.717) is 12.6 Å². The maximum atomic E-state index is 4.80. The van der Waals surface area contributed by atoms with E-state index in [1.54, 1.807) is 0 Å². The van der Waals surface area contributed by atoms with Crippen molar-refractivity contribution < 1.29 is 0 Å². The molecular weight excluding hydrogens is 348 g/mol. The molecule has 2 aliphatic rings. The molecule has 0 unspecified atom stereocenters. The molecule has 152 valence electrons. The number of aliphatic imine (C=N–C) groups is 1. The molecule has 0 bridgehead atoms. The third-order valence-corrected chi connectivity index (χ3v) is 6.20. The van der Waals surface area contributed by atoms with Crippen LogP contribution in [0.5, 0.6) is 0 Å². The predicted molar refractivity (Wildman–Crippen MR) is 115 cm³/mol. The summed E-state index contributed by atoms with van der Waals surface area (Å²) in [5.41, 5.74) is 3.18. The molecule has 1 saturated carbocycles.